The van der Waals surface area contributed by atoms with Crippen molar-refractivity contribution in [2.75, 3.05) is 11.5 Å². The summed E-state index contributed by atoms with van der Waals surface area (Å²) in [5.41, 5.74) is 22.2. The standard InChI is InChI=1S/C52H76N2/c1-3-5-25-51(47-35-39-49(53)40-36-47)45-31-27-43(28-32-45)23-21-19-17-15-13-11-9-7-8-10-12-14-16-18-20-22-24-44-29-33-46(34-30-44)52(26-6-4-2)48-37-41-50(54)42-38-48/h27-42,51-52H,3-26,53-54H2,1-2H3. The predicted molar refractivity (Wildman–Crippen MR) is 239 cm³/mol. The molecule has 0 spiro atoms. The van der Waals surface area contributed by atoms with Gasteiger partial charge in [0.1, 0.15) is 0 Å². The average Bonchev–Trinajstić information content (AvgIpc) is 3.20. The first-order valence-corrected chi connectivity index (χ1v) is 22.5. The molecule has 54 heavy (non-hydrogen) atoms. The van der Waals surface area contributed by atoms with Crippen molar-refractivity contribution in [2.24, 2.45) is 0 Å². The van der Waals surface area contributed by atoms with Crippen LogP contribution in [0, 0.1) is 0 Å². The minimum absolute atomic E-state index is 0.470. The van der Waals surface area contributed by atoms with Gasteiger partial charge in [-0.25, -0.2) is 0 Å². The molecule has 0 heterocycles. The highest BCUT2D eigenvalue weighted by Gasteiger charge is 2.15. The van der Waals surface area contributed by atoms with Gasteiger partial charge >= 0.3 is 0 Å². The molecule has 0 aliphatic heterocycles. The first-order valence-electron chi connectivity index (χ1n) is 22.5. The Bertz CT molecular complexity index is 1370. The van der Waals surface area contributed by atoms with Gasteiger partial charge < -0.3 is 11.5 Å². The summed E-state index contributed by atoms with van der Waals surface area (Å²) in [5.74, 6) is 0.940. The maximum atomic E-state index is 5.95. The van der Waals surface area contributed by atoms with Crippen LogP contribution >= 0.6 is 0 Å². The van der Waals surface area contributed by atoms with Crippen LogP contribution in [-0.4, -0.2) is 0 Å². The third-order valence-electron chi connectivity index (χ3n) is 11.8. The Hall–Kier alpha value is -3.52. The van der Waals surface area contributed by atoms with Crippen LogP contribution in [0.2, 0.25) is 0 Å². The van der Waals surface area contributed by atoms with E-state index in [4.69, 9.17) is 11.5 Å². The first-order chi connectivity index (χ1) is 26.6. The zero-order chi connectivity index (χ0) is 38.1. The summed E-state index contributed by atoms with van der Waals surface area (Å²) in [4.78, 5) is 0. The van der Waals surface area contributed by atoms with Gasteiger partial charge in [0.25, 0.3) is 0 Å². The van der Waals surface area contributed by atoms with Crippen LogP contribution in [0.1, 0.15) is 200 Å². The molecule has 0 radical (unpaired) electrons. The number of nitrogens with two attached hydrogens (primary N) is 2. The summed E-state index contributed by atoms with van der Waals surface area (Å²) in [5, 5.41) is 0. The topological polar surface area (TPSA) is 52.0 Å². The molecular formula is C52H76N2. The Morgan fingerprint density at radius 2 is 0.556 bits per heavy atom. The zero-order valence-electron chi connectivity index (χ0n) is 34.5. The molecule has 0 amide bonds. The molecule has 0 bridgehead atoms. The third-order valence-corrected chi connectivity index (χ3v) is 11.8. The summed E-state index contributed by atoms with van der Waals surface area (Å²) in [6, 6.07) is 36.0. The van der Waals surface area contributed by atoms with E-state index in [9.17, 15) is 0 Å². The lowest BCUT2D eigenvalue weighted by molar-refractivity contribution is 0.528. The minimum atomic E-state index is 0.470. The highest BCUT2D eigenvalue weighted by molar-refractivity contribution is 5.44. The van der Waals surface area contributed by atoms with E-state index in [0.717, 1.165) is 11.4 Å². The quantitative estimate of drug-likeness (QED) is 0.0432. The normalized spacial score (nSPS) is 12.6. The van der Waals surface area contributed by atoms with Crippen molar-refractivity contribution in [3.63, 3.8) is 0 Å². The van der Waals surface area contributed by atoms with Crippen LogP contribution in [-0.2, 0) is 12.8 Å². The van der Waals surface area contributed by atoms with E-state index in [2.05, 4.69) is 86.6 Å². The van der Waals surface area contributed by atoms with Gasteiger partial charge in [0.15, 0.2) is 0 Å². The van der Waals surface area contributed by atoms with Crippen LogP contribution in [0.3, 0.4) is 0 Å². The Labute approximate surface area is 332 Å². The maximum Gasteiger partial charge on any atom is 0.0314 e. The second-order valence-electron chi connectivity index (χ2n) is 16.4. The molecule has 0 aromatic heterocycles. The molecule has 4 rings (SSSR count). The van der Waals surface area contributed by atoms with Gasteiger partial charge in [-0.2, -0.15) is 0 Å². The Kier molecular flexibility index (Phi) is 21.1. The molecule has 2 nitrogen and oxygen atoms in total. The summed E-state index contributed by atoms with van der Waals surface area (Å²) in [6.07, 6.45) is 32.2. The third kappa shape index (κ3) is 16.5. The number of benzene rings is 4. The number of unbranched alkanes of at least 4 members (excludes halogenated alkanes) is 17. The van der Waals surface area contributed by atoms with Gasteiger partial charge in [0.05, 0.1) is 0 Å². The van der Waals surface area contributed by atoms with Crippen molar-refractivity contribution >= 4 is 11.4 Å². The van der Waals surface area contributed by atoms with Crippen molar-refractivity contribution in [3.8, 4) is 0 Å². The molecule has 2 unspecified atom stereocenters. The molecule has 2 heteroatoms. The Balaban J connectivity index is 0.940. The fourth-order valence-electron chi connectivity index (χ4n) is 8.29. The molecule has 4 aromatic carbocycles. The molecule has 0 saturated heterocycles. The first kappa shape index (κ1) is 43.2. The van der Waals surface area contributed by atoms with Gasteiger partial charge in [-0.3, -0.25) is 0 Å². The van der Waals surface area contributed by atoms with E-state index in [1.54, 1.807) is 0 Å². The number of hydrogen-bond acceptors (Lipinski definition) is 2. The van der Waals surface area contributed by atoms with Gasteiger partial charge in [-0.1, -0.05) is 202 Å². The minimum Gasteiger partial charge on any atom is -0.399 e. The van der Waals surface area contributed by atoms with Crippen molar-refractivity contribution in [1.29, 1.82) is 0 Å². The van der Waals surface area contributed by atoms with Gasteiger partial charge in [-0.05, 0) is 96.2 Å². The van der Waals surface area contributed by atoms with E-state index < -0.39 is 0 Å². The number of aryl methyl sites for hydroxylation is 2. The molecule has 294 valence electrons. The van der Waals surface area contributed by atoms with Crippen molar-refractivity contribution in [1.82, 2.24) is 0 Å². The molecule has 4 aromatic rings. The Morgan fingerprint density at radius 1 is 0.315 bits per heavy atom. The van der Waals surface area contributed by atoms with E-state index in [1.807, 2.05) is 24.3 Å². The lowest BCUT2D eigenvalue weighted by atomic mass is 9.86. The molecule has 0 aliphatic rings. The molecule has 0 saturated carbocycles. The molecule has 4 N–H and O–H groups in total. The SMILES string of the molecule is CCCCC(c1ccc(N)cc1)c1ccc(CCCCCCCCCCCCCCCCCCc2ccc(C(CCCC)c3ccc(N)cc3)cc2)cc1. The van der Waals surface area contributed by atoms with Gasteiger partial charge in [0.2, 0.25) is 0 Å². The molecular weight excluding hydrogens is 653 g/mol. The lowest BCUT2D eigenvalue weighted by Gasteiger charge is -2.18. The van der Waals surface area contributed by atoms with Crippen LogP contribution in [0.15, 0.2) is 97.1 Å². The van der Waals surface area contributed by atoms with Gasteiger partial charge in [0, 0.05) is 23.2 Å². The average molecular weight is 729 g/mol. The van der Waals surface area contributed by atoms with E-state index in [1.165, 1.54) is 187 Å². The second-order valence-corrected chi connectivity index (χ2v) is 16.4. The van der Waals surface area contributed by atoms with E-state index in [0.29, 0.717) is 11.8 Å². The highest BCUT2D eigenvalue weighted by Crippen LogP contribution is 2.32. The largest absolute Gasteiger partial charge is 0.399 e. The lowest BCUT2D eigenvalue weighted by Crippen LogP contribution is -2.02. The smallest absolute Gasteiger partial charge is 0.0314 e. The monoisotopic (exact) mass is 729 g/mol. The van der Waals surface area contributed by atoms with Crippen LogP contribution in [0.5, 0.6) is 0 Å². The highest BCUT2D eigenvalue weighted by atomic mass is 14.5. The van der Waals surface area contributed by atoms with E-state index in [-0.39, 0.29) is 0 Å². The van der Waals surface area contributed by atoms with Crippen LogP contribution < -0.4 is 11.5 Å². The van der Waals surface area contributed by atoms with Crippen LogP contribution in [0.25, 0.3) is 0 Å². The number of hydrogen-bond donors (Lipinski definition) is 2. The second kappa shape index (κ2) is 26.3. The number of nitrogen functional groups attached to an aromatic ring is 2. The van der Waals surface area contributed by atoms with Crippen molar-refractivity contribution < 1.29 is 0 Å². The molecule has 2 atom stereocenters. The van der Waals surface area contributed by atoms with Crippen LogP contribution in [0.4, 0.5) is 11.4 Å². The maximum absolute atomic E-state index is 5.95. The summed E-state index contributed by atoms with van der Waals surface area (Å²) >= 11 is 0. The summed E-state index contributed by atoms with van der Waals surface area (Å²) in [6.45, 7) is 4.56. The summed E-state index contributed by atoms with van der Waals surface area (Å²) in [7, 11) is 0. The van der Waals surface area contributed by atoms with Gasteiger partial charge in [-0.15, -0.1) is 0 Å². The van der Waals surface area contributed by atoms with Crippen molar-refractivity contribution in [2.45, 2.75) is 180 Å². The Morgan fingerprint density at radius 3 is 0.815 bits per heavy atom. The molecule has 0 fully saturated rings. The number of rotatable bonds is 29. The summed E-state index contributed by atoms with van der Waals surface area (Å²) < 4.78 is 0. The number of anilines is 2. The van der Waals surface area contributed by atoms with Crippen molar-refractivity contribution in [3.05, 3.63) is 130 Å². The fourth-order valence-corrected chi connectivity index (χ4v) is 8.29. The van der Waals surface area contributed by atoms with E-state index >= 15 is 0 Å². The fraction of sp³-hybridized carbons (Fsp3) is 0.538. The predicted octanol–water partition coefficient (Wildman–Crippen LogP) is 15.5. The molecule has 0 aliphatic carbocycles. The zero-order valence-corrected chi connectivity index (χ0v) is 34.5.